The predicted octanol–water partition coefficient (Wildman–Crippen LogP) is 0.0523. The predicted molar refractivity (Wildman–Crippen MR) is 82.6 cm³/mol. The highest BCUT2D eigenvalue weighted by Gasteiger charge is 2.54. The first-order chi connectivity index (χ1) is 9.92. The van der Waals surface area contributed by atoms with Gasteiger partial charge in [-0.2, -0.15) is 0 Å². The fourth-order valence-corrected chi connectivity index (χ4v) is 3.50. The number of morpholine rings is 1. The van der Waals surface area contributed by atoms with E-state index in [1.165, 1.54) is 0 Å². The molecule has 21 heavy (non-hydrogen) atoms. The van der Waals surface area contributed by atoms with Crippen molar-refractivity contribution in [3.8, 4) is 0 Å². The van der Waals surface area contributed by atoms with Crippen molar-refractivity contribution in [2.45, 2.75) is 32.7 Å². The van der Waals surface area contributed by atoms with Crippen LogP contribution in [0.25, 0.3) is 0 Å². The third kappa shape index (κ3) is 2.89. The zero-order valence-corrected chi connectivity index (χ0v) is 13.4. The smallest absolute Gasteiger partial charge is 0.245 e. The summed E-state index contributed by atoms with van der Waals surface area (Å²) in [6.07, 6.45) is 1.33. The fraction of sp³-hybridized carbons (Fsp3) is 0.786. The van der Waals surface area contributed by atoms with Crippen molar-refractivity contribution in [1.29, 1.82) is 0 Å². The summed E-state index contributed by atoms with van der Waals surface area (Å²) in [5, 5.41) is 2.75. The first kappa shape index (κ1) is 16.2. The van der Waals surface area contributed by atoms with E-state index in [1.54, 1.807) is 4.90 Å². The van der Waals surface area contributed by atoms with Crippen molar-refractivity contribution in [3.63, 3.8) is 0 Å². The van der Waals surface area contributed by atoms with Crippen LogP contribution in [0.15, 0.2) is 0 Å². The molecule has 2 aliphatic rings. The van der Waals surface area contributed by atoms with Gasteiger partial charge in [0.25, 0.3) is 0 Å². The maximum Gasteiger partial charge on any atom is 0.245 e. The monoisotopic (exact) mass is 313 g/mol. The molecule has 2 fully saturated rings. The minimum absolute atomic E-state index is 0.118. The third-order valence-corrected chi connectivity index (χ3v) is 4.71. The summed E-state index contributed by atoms with van der Waals surface area (Å²) in [5.74, 6) is 0.128. The average molecular weight is 313 g/mol. The van der Waals surface area contributed by atoms with Crippen molar-refractivity contribution in [2.75, 3.05) is 26.3 Å². The molecule has 1 saturated carbocycles. The van der Waals surface area contributed by atoms with Gasteiger partial charge in [-0.3, -0.25) is 9.59 Å². The second-order valence-electron chi connectivity index (χ2n) is 5.94. The number of hydrogen-bond acceptors (Lipinski definition) is 4. The average Bonchev–Trinajstić information content (AvgIpc) is 2.43. The minimum Gasteiger partial charge on any atom is -0.392 e. The molecule has 0 radical (unpaired) electrons. The molecule has 1 aliphatic heterocycles. The van der Waals surface area contributed by atoms with Crippen LogP contribution in [0.5, 0.6) is 0 Å². The van der Waals surface area contributed by atoms with Crippen LogP contribution in [0.3, 0.4) is 0 Å². The van der Waals surface area contributed by atoms with Crippen LogP contribution >= 0.6 is 12.2 Å². The summed E-state index contributed by atoms with van der Waals surface area (Å²) < 4.78 is 5.36. The van der Waals surface area contributed by atoms with E-state index in [9.17, 15) is 9.59 Å². The van der Waals surface area contributed by atoms with E-state index < -0.39 is 11.5 Å². The van der Waals surface area contributed by atoms with Crippen molar-refractivity contribution in [3.05, 3.63) is 0 Å². The van der Waals surface area contributed by atoms with Crippen LogP contribution in [-0.4, -0.2) is 54.0 Å². The quantitative estimate of drug-likeness (QED) is 0.717. The summed E-state index contributed by atoms with van der Waals surface area (Å²) in [6.45, 7) is 5.50. The van der Waals surface area contributed by atoms with Gasteiger partial charge in [-0.05, 0) is 25.7 Å². The number of thiocarbonyl (C=S) groups is 1. The molecular weight excluding hydrogens is 290 g/mol. The molecule has 0 bridgehead atoms. The van der Waals surface area contributed by atoms with Crippen LogP contribution in [0.4, 0.5) is 0 Å². The van der Waals surface area contributed by atoms with Gasteiger partial charge in [0.1, 0.15) is 6.04 Å². The van der Waals surface area contributed by atoms with Crippen LogP contribution in [0.2, 0.25) is 0 Å². The van der Waals surface area contributed by atoms with Gasteiger partial charge in [0, 0.05) is 13.1 Å². The van der Waals surface area contributed by atoms with E-state index in [4.69, 9.17) is 22.7 Å². The number of carbonyl (C=O) groups excluding carboxylic acids is 2. The Kier molecular flexibility index (Phi) is 4.83. The molecule has 1 unspecified atom stereocenters. The zero-order chi connectivity index (χ0) is 15.6. The maximum atomic E-state index is 12.9. The Labute approximate surface area is 130 Å². The fourth-order valence-electron chi connectivity index (χ4n) is 3.24. The lowest BCUT2D eigenvalue weighted by atomic mass is 9.61. The summed E-state index contributed by atoms with van der Waals surface area (Å²) in [7, 11) is 0. The normalized spacial score (nSPS) is 32.2. The Bertz CT molecular complexity index is 449. The van der Waals surface area contributed by atoms with Gasteiger partial charge >= 0.3 is 0 Å². The number of ether oxygens (including phenoxy) is 1. The Morgan fingerprint density at radius 3 is 2.67 bits per heavy atom. The summed E-state index contributed by atoms with van der Waals surface area (Å²) in [6, 6.07) is -0.590. The summed E-state index contributed by atoms with van der Waals surface area (Å²) >= 11 is 5.13. The molecule has 0 aromatic heterocycles. The molecule has 0 aromatic rings. The number of carbonyl (C=O) groups is 2. The molecule has 0 aromatic carbocycles. The van der Waals surface area contributed by atoms with Gasteiger partial charge in [0.2, 0.25) is 11.8 Å². The molecule has 1 heterocycles. The number of nitrogens with one attached hydrogen (secondary N) is 1. The molecule has 2 rings (SSSR count). The molecule has 7 heteroatoms. The highest BCUT2D eigenvalue weighted by molar-refractivity contribution is 7.80. The van der Waals surface area contributed by atoms with E-state index in [1.807, 2.05) is 6.92 Å². The largest absolute Gasteiger partial charge is 0.392 e. The lowest BCUT2D eigenvalue weighted by Gasteiger charge is -2.48. The van der Waals surface area contributed by atoms with E-state index in [2.05, 4.69) is 12.2 Å². The molecule has 1 saturated heterocycles. The lowest BCUT2D eigenvalue weighted by molar-refractivity contribution is -0.158. The van der Waals surface area contributed by atoms with E-state index in [0.717, 1.165) is 0 Å². The Balaban J connectivity index is 2.18. The van der Waals surface area contributed by atoms with Crippen molar-refractivity contribution >= 4 is 29.0 Å². The number of hydrogen-bond donors (Lipinski definition) is 2. The summed E-state index contributed by atoms with van der Waals surface area (Å²) in [4.78, 5) is 26.9. The highest BCUT2D eigenvalue weighted by Crippen LogP contribution is 2.47. The summed E-state index contributed by atoms with van der Waals surface area (Å²) in [5.41, 5.74) is 5.07. The van der Waals surface area contributed by atoms with Crippen molar-refractivity contribution in [1.82, 2.24) is 10.2 Å². The highest BCUT2D eigenvalue weighted by atomic mass is 32.1. The zero-order valence-electron chi connectivity index (χ0n) is 12.6. The van der Waals surface area contributed by atoms with Crippen molar-refractivity contribution < 1.29 is 14.3 Å². The number of likely N-dealkylation sites (N-methyl/N-ethyl adjacent to an activating group) is 1. The minimum atomic E-state index is -0.767. The van der Waals surface area contributed by atoms with Crippen LogP contribution in [0, 0.1) is 11.3 Å². The standard InChI is InChI=1S/C14H23N3O3S/c1-3-16-11(18)10-8-20-5-4-17(10)13(19)14(12(15)21)6-9(2)7-14/h9-10H,3-8H2,1-2H3,(H2,15,21)(H,16,18). The second kappa shape index (κ2) is 6.27. The molecular formula is C14H23N3O3S. The third-order valence-electron chi connectivity index (χ3n) is 4.32. The van der Waals surface area contributed by atoms with Crippen LogP contribution < -0.4 is 11.1 Å². The van der Waals surface area contributed by atoms with Crippen LogP contribution in [0.1, 0.15) is 26.7 Å². The number of nitrogens with zero attached hydrogens (tertiary/aromatic N) is 1. The Hall–Kier alpha value is -1.21. The molecule has 118 valence electrons. The van der Waals surface area contributed by atoms with Crippen molar-refractivity contribution in [2.24, 2.45) is 17.1 Å². The van der Waals surface area contributed by atoms with Gasteiger partial charge in [-0.25, -0.2) is 0 Å². The topological polar surface area (TPSA) is 84.7 Å². The van der Waals surface area contributed by atoms with E-state index in [-0.39, 0.29) is 23.4 Å². The second-order valence-corrected chi connectivity index (χ2v) is 6.38. The Morgan fingerprint density at radius 1 is 1.48 bits per heavy atom. The van der Waals surface area contributed by atoms with Gasteiger partial charge in [0.15, 0.2) is 0 Å². The molecule has 0 spiro atoms. The number of amides is 2. The van der Waals surface area contributed by atoms with Gasteiger partial charge in [-0.1, -0.05) is 19.1 Å². The van der Waals surface area contributed by atoms with E-state index >= 15 is 0 Å². The molecule has 6 nitrogen and oxygen atoms in total. The van der Waals surface area contributed by atoms with Gasteiger partial charge < -0.3 is 20.7 Å². The molecule has 1 atom stereocenters. The number of nitrogens with two attached hydrogens (primary N) is 1. The first-order valence-electron chi connectivity index (χ1n) is 7.38. The Morgan fingerprint density at radius 2 is 2.14 bits per heavy atom. The van der Waals surface area contributed by atoms with E-state index in [0.29, 0.717) is 38.5 Å². The van der Waals surface area contributed by atoms with Crippen LogP contribution in [-0.2, 0) is 14.3 Å². The van der Waals surface area contributed by atoms with Gasteiger partial charge in [-0.15, -0.1) is 0 Å². The maximum absolute atomic E-state index is 12.9. The first-order valence-corrected chi connectivity index (χ1v) is 7.79. The van der Waals surface area contributed by atoms with Gasteiger partial charge in [0.05, 0.1) is 23.6 Å². The SMILES string of the molecule is CCNC(=O)C1COCCN1C(=O)C1(C(N)=S)CC(C)C1. The number of rotatable bonds is 4. The molecule has 2 amide bonds. The molecule has 1 aliphatic carbocycles. The lowest BCUT2D eigenvalue weighted by Crippen LogP contribution is -2.63. The molecule has 3 N–H and O–H groups in total.